The van der Waals surface area contributed by atoms with Crippen molar-refractivity contribution in [2.75, 3.05) is 38.5 Å². The number of carbonyl (C=O) groups is 1. The molecule has 120 valence electrons. The fourth-order valence-electron chi connectivity index (χ4n) is 2.56. The molecule has 21 heavy (non-hydrogen) atoms. The highest BCUT2D eigenvalue weighted by atomic mass is 16.2. The van der Waals surface area contributed by atoms with Crippen LogP contribution in [0.25, 0.3) is 0 Å². The number of carbonyl (C=O) groups excluding carboxylic acids is 1. The second-order valence-electron chi connectivity index (χ2n) is 5.21. The Bertz CT molecular complexity index is 437. The maximum absolute atomic E-state index is 12.6. The Morgan fingerprint density at radius 2 is 1.81 bits per heavy atom. The largest absolute Gasteiger partial charge is 0.397 e. The molecule has 5 heteroatoms. The highest BCUT2D eigenvalue weighted by Gasteiger charge is 2.18. The second kappa shape index (κ2) is 8.72. The highest BCUT2D eigenvalue weighted by Crippen LogP contribution is 2.13. The number of nitrogen functional groups attached to an aromatic ring is 1. The molecule has 5 nitrogen and oxygen atoms in total. The molecule has 0 aliphatic carbocycles. The van der Waals surface area contributed by atoms with Crippen molar-refractivity contribution in [1.29, 1.82) is 0 Å². The zero-order valence-electron chi connectivity index (χ0n) is 13.9. The molecule has 1 aromatic rings. The van der Waals surface area contributed by atoms with Crippen molar-refractivity contribution in [2.24, 2.45) is 0 Å². The number of rotatable bonds is 9. The van der Waals surface area contributed by atoms with Crippen molar-refractivity contribution in [3.63, 3.8) is 0 Å². The molecule has 0 fully saturated rings. The van der Waals surface area contributed by atoms with Gasteiger partial charge >= 0.3 is 0 Å². The SMILES string of the molecule is CCN(CC)CCCN(CC)C(=O)c1cc(N)cn1CC. The van der Waals surface area contributed by atoms with Crippen molar-refractivity contribution in [3.05, 3.63) is 18.0 Å². The monoisotopic (exact) mass is 294 g/mol. The molecule has 1 amide bonds. The number of hydrogen-bond donors (Lipinski definition) is 1. The fraction of sp³-hybridized carbons (Fsp3) is 0.688. The van der Waals surface area contributed by atoms with Crippen LogP contribution in [0, 0.1) is 0 Å². The van der Waals surface area contributed by atoms with Crippen LogP contribution in [0.2, 0.25) is 0 Å². The molecule has 0 saturated heterocycles. The van der Waals surface area contributed by atoms with Gasteiger partial charge in [0.25, 0.3) is 5.91 Å². The van der Waals surface area contributed by atoms with Crippen molar-refractivity contribution >= 4 is 11.6 Å². The number of aromatic nitrogens is 1. The van der Waals surface area contributed by atoms with Crippen LogP contribution < -0.4 is 5.73 Å². The third kappa shape index (κ3) is 4.77. The number of nitrogens with two attached hydrogens (primary N) is 1. The van der Waals surface area contributed by atoms with E-state index in [9.17, 15) is 4.79 Å². The van der Waals surface area contributed by atoms with Gasteiger partial charge in [0.05, 0.1) is 5.69 Å². The van der Waals surface area contributed by atoms with Crippen LogP contribution in [-0.4, -0.2) is 53.0 Å². The topological polar surface area (TPSA) is 54.5 Å². The summed E-state index contributed by atoms with van der Waals surface area (Å²) >= 11 is 0. The minimum absolute atomic E-state index is 0.0793. The first-order valence-corrected chi connectivity index (χ1v) is 8.04. The minimum Gasteiger partial charge on any atom is -0.397 e. The van der Waals surface area contributed by atoms with Gasteiger partial charge in [-0.3, -0.25) is 4.79 Å². The number of nitrogens with zero attached hydrogens (tertiary/aromatic N) is 3. The molecule has 0 spiro atoms. The summed E-state index contributed by atoms with van der Waals surface area (Å²) in [4.78, 5) is 16.9. The van der Waals surface area contributed by atoms with Crippen LogP contribution in [0.5, 0.6) is 0 Å². The van der Waals surface area contributed by atoms with Crippen LogP contribution in [0.3, 0.4) is 0 Å². The standard InChI is InChI=1S/C16H30N4O/c1-5-18(6-2)10-9-11-19(7-3)16(21)15-12-14(17)13-20(15)8-4/h12-13H,5-11,17H2,1-4H3. The van der Waals surface area contributed by atoms with Gasteiger partial charge in [-0.05, 0) is 46.0 Å². The van der Waals surface area contributed by atoms with Gasteiger partial charge < -0.3 is 20.1 Å². The predicted octanol–water partition coefficient (Wildman–Crippen LogP) is 2.28. The molecule has 0 aromatic carbocycles. The van der Waals surface area contributed by atoms with E-state index in [0.29, 0.717) is 11.4 Å². The van der Waals surface area contributed by atoms with E-state index in [4.69, 9.17) is 5.73 Å². The summed E-state index contributed by atoms with van der Waals surface area (Å²) in [6.45, 7) is 13.8. The van der Waals surface area contributed by atoms with Gasteiger partial charge in [-0.1, -0.05) is 13.8 Å². The summed E-state index contributed by atoms with van der Waals surface area (Å²) in [6.07, 6.45) is 2.83. The van der Waals surface area contributed by atoms with Crippen LogP contribution in [0.4, 0.5) is 5.69 Å². The van der Waals surface area contributed by atoms with E-state index in [0.717, 1.165) is 45.7 Å². The van der Waals surface area contributed by atoms with Crippen molar-refractivity contribution in [3.8, 4) is 0 Å². The van der Waals surface area contributed by atoms with E-state index in [-0.39, 0.29) is 5.91 Å². The molecule has 1 heterocycles. The van der Waals surface area contributed by atoms with Crippen LogP contribution >= 0.6 is 0 Å². The lowest BCUT2D eigenvalue weighted by Crippen LogP contribution is -2.35. The first-order chi connectivity index (χ1) is 10.1. The lowest BCUT2D eigenvalue weighted by Gasteiger charge is -2.24. The summed E-state index contributed by atoms with van der Waals surface area (Å²) in [7, 11) is 0. The Labute approximate surface area is 128 Å². The molecule has 0 bridgehead atoms. The summed E-state index contributed by atoms with van der Waals surface area (Å²) in [5, 5.41) is 0. The Kier molecular flexibility index (Phi) is 7.29. The van der Waals surface area contributed by atoms with E-state index < -0.39 is 0 Å². The van der Waals surface area contributed by atoms with Crippen LogP contribution in [0.1, 0.15) is 44.6 Å². The number of aryl methyl sites for hydroxylation is 1. The molecule has 0 aliphatic rings. The smallest absolute Gasteiger partial charge is 0.270 e. The zero-order chi connectivity index (χ0) is 15.8. The van der Waals surface area contributed by atoms with E-state index in [1.54, 1.807) is 6.07 Å². The average molecular weight is 294 g/mol. The molecule has 1 rings (SSSR count). The summed E-state index contributed by atoms with van der Waals surface area (Å²) in [6, 6.07) is 1.78. The molecule has 0 aliphatic heterocycles. The van der Waals surface area contributed by atoms with Gasteiger partial charge in [-0.25, -0.2) is 0 Å². The van der Waals surface area contributed by atoms with Gasteiger partial charge in [-0.15, -0.1) is 0 Å². The quantitative estimate of drug-likeness (QED) is 0.760. The predicted molar refractivity (Wildman–Crippen MR) is 88.5 cm³/mol. The van der Waals surface area contributed by atoms with Gasteiger partial charge in [0.15, 0.2) is 0 Å². The highest BCUT2D eigenvalue weighted by molar-refractivity contribution is 5.93. The van der Waals surface area contributed by atoms with Gasteiger partial charge in [0, 0.05) is 25.8 Å². The Hall–Kier alpha value is -1.49. The molecule has 2 N–H and O–H groups in total. The van der Waals surface area contributed by atoms with E-state index in [1.807, 2.05) is 29.5 Å². The first-order valence-electron chi connectivity index (χ1n) is 8.04. The molecule has 0 saturated carbocycles. The average Bonchev–Trinajstić information content (AvgIpc) is 2.88. The third-order valence-electron chi connectivity index (χ3n) is 3.94. The summed E-state index contributed by atoms with van der Waals surface area (Å²) in [5.74, 6) is 0.0793. The molecule has 1 aromatic heterocycles. The number of amides is 1. The normalized spacial score (nSPS) is 11.1. The van der Waals surface area contributed by atoms with E-state index in [2.05, 4.69) is 18.7 Å². The third-order valence-corrected chi connectivity index (χ3v) is 3.94. The van der Waals surface area contributed by atoms with Gasteiger partial charge in [0.2, 0.25) is 0 Å². The van der Waals surface area contributed by atoms with Gasteiger partial charge in [0.1, 0.15) is 5.69 Å². The fourth-order valence-corrected chi connectivity index (χ4v) is 2.56. The molecule has 0 radical (unpaired) electrons. The molecular weight excluding hydrogens is 264 g/mol. The van der Waals surface area contributed by atoms with Crippen LogP contribution in [0.15, 0.2) is 12.3 Å². The van der Waals surface area contributed by atoms with Crippen molar-refractivity contribution < 1.29 is 4.79 Å². The lowest BCUT2D eigenvalue weighted by atomic mass is 10.3. The minimum atomic E-state index is 0.0793. The zero-order valence-corrected chi connectivity index (χ0v) is 13.9. The second-order valence-corrected chi connectivity index (χ2v) is 5.21. The van der Waals surface area contributed by atoms with E-state index >= 15 is 0 Å². The maximum atomic E-state index is 12.6. The molecule has 0 atom stereocenters. The number of anilines is 1. The van der Waals surface area contributed by atoms with Crippen molar-refractivity contribution in [1.82, 2.24) is 14.4 Å². The Morgan fingerprint density at radius 1 is 1.14 bits per heavy atom. The van der Waals surface area contributed by atoms with Crippen molar-refractivity contribution in [2.45, 2.75) is 40.7 Å². The van der Waals surface area contributed by atoms with Gasteiger partial charge in [-0.2, -0.15) is 0 Å². The lowest BCUT2D eigenvalue weighted by molar-refractivity contribution is 0.0747. The maximum Gasteiger partial charge on any atom is 0.270 e. The Morgan fingerprint density at radius 3 is 2.33 bits per heavy atom. The summed E-state index contributed by atoms with van der Waals surface area (Å²) < 4.78 is 1.92. The molecule has 0 unspecified atom stereocenters. The Balaban J connectivity index is 2.64. The first kappa shape index (κ1) is 17.6. The molecular formula is C16H30N4O. The van der Waals surface area contributed by atoms with E-state index in [1.165, 1.54) is 0 Å². The summed E-state index contributed by atoms with van der Waals surface area (Å²) in [5.41, 5.74) is 7.16. The van der Waals surface area contributed by atoms with Crippen LogP contribution in [-0.2, 0) is 6.54 Å². The number of hydrogen-bond acceptors (Lipinski definition) is 3.